The average Bonchev–Trinajstić information content (AvgIpc) is 2.76. The van der Waals surface area contributed by atoms with E-state index in [-0.39, 0.29) is 0 Å². The molecule has 0 amide bonds. The number of benzene rings is 6. The van der Waals surface area contributed by atoms with Crippen LogP contribution in [-0.2, 0) is 0 Å². The summed E-state index contributed by atoms with van der Waals surface area (Å²) in [5.74, 6) is 0. The maximum atomic E-state index is 2.27. The zero-order chi connectivity index (χ0) is 18.5. The molecule has 0 aliphatic heterocycles. The van der Waals surface area contributed by atoms with Crippen LogP contribution in [0.3, 0.4) is 0 Å². The molecule has 28 heavy (non-hydrogen) atoms. The fourth-order valence-corrected chi connectivity index (χ4v) is 4.48. The van der Waals surface area contributed by atoms with Gasteiger partial charge in [0.05, 0.1) is 0 Å². The molecule has 6 aromatic carbocycles. The summed E-state index contributed by atoms with van der Waals surface area (Å²) in [5, 5.41) is 10.6. The standard InChI is InChI=1S/C28H18/c1-2-10-25-19(5-1)6-3-7-20(25)11-12-21-13-14-24-16-15-22-8-4-9-23-17-18-26(21)28(24)27(22)23/h1-18H/b12-11-. The molecule has 0 bridgehead atoms. The molecule has 6 aromatic rings. The second kappa shape index (κ2) is 5.94. The van der Waals surface area contributed by atoms with Crippen molar-refractivity contribution in [2.45, 2.75) is 0 Å². The van der Waals surface area contributed by atoms with Crippen LogP contribution in [0.4, 0.5) is 0 Å². The topological polar surface area (TPSA) is 0 Å². The predicted molar refractivity (Wildman–Crippen MR) is 123 cm³/mol. The van der Waals surface area contributed by atoms with Gasteiger partial charge in [0.25, 0.3) is 0 Å². The average molecular weight is 354 g/mol. The molecule has 0 radical (unpaired) electrons. The minimum Gasteiger partial charge on any atom is -0.0616 e. The van der Waals surface area contributed by atoms with E-state index >= 15 is 0 Å². The Bertz CT molecular complexity index is 1480. The lowest BCUT2D eigenvalue weighted by molar-refractivity contribution is 1.71. The largest absolute Gasteiger partial charge is 0.0616 e. The highest BCUT2D eigenvalue weighted by atomic mass is 14.1. The van der Waals surface area contributed by atoms with Gasteiger partial charge in [-0.15, -0.1) is 0 Å². The summed E-state index contributed by atoms with van der Waals surface area (Å²) in [6.45, 7) is 0. The van der Waals surface area contributed by atoms with Crippen LogP contribution >= 0.6 is 0 Å². The lowest BCUT2D eigenvalue weighted by atomic mass is 9.91. The minimum atomic E-state index is 1.25. The zero-order valence-corrected chi connectivity index (χ0v) is 15.4. The third-order valence-corrected chi connectivity index (χ3v) is 5.83. The molecule has 0 heteroatoms. The summed E-state index contributed by atoms with van der Waals surface area (Å²) in [7, 11) is 0. The molecule has 6 rings (SSSR count). The molecule has 0 aromatic heterocycles. The van der Waals surface area contributed by atoms with Crippen molar-refractivity contribution in [1.82, 2.24) is 0 Å². The van der Waals surface area contributed by atoms with E-state index in [1.807, 2.05) is 0 Å². The molecule has 0 spiro atoms. The summed E-state index contributed by atoms with van der Waals surface area (Å²) in [6, 6.07) is 35.1. The fraction of sp³-hybridized carbons (Fsp3) is 0. The first-order valence-electron chi connectivity index (χ1n) is 9.71. The van der Waals surface area contributed by atoms with Crippen molar-refractivity contribution in [3.63, 3.8) is 0 Å². The third-order valence-electron chi connectivity index (χ3n) is 5.83. The van der Waals surface area contributed by atoms with Gasteiger partial charge in [0.1, 0.15) is 0 Å². The number of hydrogen-bond donors (Lipinski definition) is 0. The van der Waals surface area contributed by atoms with E-state index in [2.05, 4.69) is 109 Å². The smallest absolute Gasteiger partial charge is 0.00208 e. The predicted octanol–water partition coefficient (Wildman–Crippen LogP) is 7.91. The van der Waals surface area contributed by atoms with Gasteiger partial charge < -0.3 is 0 Å². The van der Waals surface area contributed by atoms with E-state index in [1.54, 1.807) is 0 Å². The maximum absolute atomic E-state index is 2.27. The Labute approximate surface area is 163 Å². The molecular weight excluding hydrogens is 336 g/mol. The highest BCUT2D eigenvalue weighted by molar-refractivity contribution is 6.24. The van der Waals surface area contributed by atoms with Crippen LogP contribution in [0.1, 0.15) is 11.1 Å². The minimum absolute atomic E-state index is 1.25. The molecular formula is C28H18. The van der Waals surface area contributed by atoms with Gasteiger partial charge in [-0.2, -0.15) is 0 Å². The van der Waals surface area contributed by atoms with E-state index in [4.69, 9.17) is 0 Å². The third kappa shape index (κ3) is 2.25. The Morgan fingerprint density at radius 2 is 0.929 bits per heavy atom. The van der Waals surface area contributed by atoms with Crippen LogP contribution < -0.4 is 0 Å². The van der Waals surface area contributed by atoms with Crippen LogP contribution in [0.15, 0.2) is 97.1 Å². The highest BCUT2D eigenvalue weighted by Gasteiger charge is 2.09. The van der Waals surface area contributed by atoms with Crippen molar-refractivity contribution in [1.29, 1.82) is 0 Å². The Morgan fingerprint density at radius 1 is 0.357 bits per heavy atom. The van der Waals surface area contributed by atoms with Gasteiger partial charge in [0.15, 0.2) is 0 Å². The Balaban J connectivity index is 1.59. The van der Waals surface area contributed by atoms with Crippen LogP contribution in [0.2, 0.25) is 0 Å². The Morgan fingerprint density at radius 3 is 1.79 bits per heavy atom. The SMILES string of the molecule is C(=C/c1ccc2ccc3cccc4ccc1c2c34)/c1cccc2ccccc12. The number of fused-ring (bicyclic) bond motifs is 1. The molecule has 0 atom stereocenters. The lowest BCUT2D eigenvalue weighted by Gasteiger charge is -2.12. The number of rotatable bonds is 2. The molecule has 0 aliphatic rings. The van der Waals surface area contributed by atoms with Gasteiger partial charge >= 0.3 is 0 Å². The number of hydrogen-bond acceptors (Lipinski definition) is 0. The first-order valence-corrected chi connectivity index (χ1v) is 9.71. The van der Waals surface area contributed by atoms with Crippen LogP contribution in [-0.4, -0.2) is 0 Å². The van der Waals surface area contributed by atoms with Gasteiger partial charge in [-0.05, 0) is 54.2 Å². The van der Waals surface area contributed by atoms with Crippen molar-refractivity contribution < 1.29 is 0 Å². The summed E-state index contributed by atoms with van der Waals surface area (Å²) in [5.41, 5.74) is 2.52. The Hall–Kier alpha value is -3.64. The second-order valence-electron chi connectivity index (χ2n) is 7.41. The molecule has 0 heterocycles. The van der Waals surface area contributed by atoms with Gasteiger partial charge in [-0.1, -0.05) is 109 Å². The maximum Gasteiger partial charge on any atom is -0.00208 e. The van der Waals surface area contributed by atoms with Gasteiger partial charge in [0, 0.05) is 0 Å². The van der Waals surface area contributed by atoms with Crippen molar-refractivity contribution in [3.05, 3.63) is 108 Å². The lowest BCUT2D eigenvalue weighted by Crippen LogP contribution is -1.86. The van der Waals surface area contributed by atoms with E-state index in [9.17, 15) is 0 Å². The summed E-state index contributed by atoms with van der Waals surface area (Å²) >= 11 is 0. The summed E-state index contributed by atoms with van der Waals surface area (Å²) < 4.78 is 0. The van der Waals surface area contributed by atoms with E-state index in [0.29, 0.717) is 0 Å². The first-order chi connectivity index (χ1) is 13.9. The molecule has 0 saturated heterocycles. The molecule has 0 fully saturated rings. The van der Waals surface area contributed by atoms with Gasteiger partial charge in [0.2, 0.25) is 0 Å². The first kappa shape index (κ1) is 15.4. The monoisotopic (exact) mass is 354 g/mol. The second-order valence-corrected chi connectivity index (χ2v) is 7.41. The normalized spacial score (nSPS) is 12.1. The molecule has 0 N–H and O–H groups in total. The van der Waals surface area contributed by atoms with Crippen LogP contribution in [0.5, 0.6) is 0 Å². The van der Waals surface area contributed by atoms with Crippen molar-refractivity contribution in [2.75, 3.05) is 0 Å². The molecule has 0 unspecified atom stereocenters. The van der Waals surface area contributed by atoms with Crippen LogP contribution in [0, 0.1) is 0 Å². The molecule has 0 nitrogen and oxygen atoms in total. The quantitative estimate of drug-likeness (QED) is 0.219. The van der Waals surface area contributed by atoms with Crippen LogP contribution in [0.25, 0.3) is 55.2 Å². The van der Waals surface area contributed by atoms with E-state index in [0.717, 1.165) is 0 Å². The summed E-state index contributed by atoms with van der Waals surface area (Å²) in [6.07, 6.45) is 4.50. The molecule has 0 saturated carbocycles. The van der Waals surface area contributed by atoms with Crippen molar-refractivity contribution in [3.8, 4) is 0 Å². The molecule has 130 valence electrons. The Kier molecular flexibility index (Phi) is 3.27. The molecule has 0 aliphatic carbocycles. The van der Waals surface area contributed by atoms with Crippen molar-refractivity contribution in [2.24, 2.45) is 0 Å². The zero-order valence-electron chi connectivity index (χ0n) is 15.4. The fourth-order valence-electron chi connectivity index (χ4n) is 4.48. The van der Waals surface area contributed by atoms with Crippen molar-refractivity contribution >= 4 is 55.2 Å². The van der Waals surface area contributed by atoms with Gasteiger partial charge in [-0.25, -0.2) is 0 Å². The van der Waals surface area contributed by atoms with E-state index in [1.165, 1.54) is 54.2 Å². The van der Waals surface area contributed by atoms with Gasteiger partial charge in [-0.3, -0.25) is 0 Å². The van der Waals surface area contributed by atoms with E-state index < -0.39 is 0 Å². The summed E-state index contributed by atoms with van der Waals surface area (Å²) in [4.78, 5) is 0. The highest BCUT2D eigenvalue weighted by Crippen LogP contribution is 2.36.